The first-order valence-corrected chi connectivity index (χ1v) is 6.28. The lowest BCUT2D eigenvalue weighted by Gasteiger charge is -2.24. The predicted molar refractivity (Wildman–Crippen MR) is 72.6 cm³/mol. The van der Waals surface area contributed by atoms with E-state index in [1.165, 1.54) is 0 Å². The lowest BCUT2D eigenvalue weighted by Crippen LogP contribution is -2.34. The normalized spacial score (nSPS) is 22.1. The summed E-state index contributed by atoms with van der Waals surface area (Å²) in [5.41, 5.74) is 16.1. The molecular formula is C11H20N6O2. The number of urea groups is 2. The molecule has 1 fully saturated rings. The Bertz CT molecular complexity index is 378. The summed E-state index contributed by atoms with van der Waals surface area (Å²) in [4.78, 5) is 21.4. The molecule has 0 aliphatic heterocycles. The molecule has 0 aromatic carbocycles. The van der Waals surface area contributed by atoms with Crippen molar-refractivity contribution < 1.29 is 9.59 Å². The Morgan fingerprint density at radius 2 is 1.95 bits per heavy atom. The van der Waals surface area contributed by atoms with E-state index in [4.69, 9.17) is 11.5 Å². The number of nitrogens with one attached hydrogen (secondary N) is 2. The summed E-state index contributed by atoms with van der Waals surface area (Å²) in [6.07, 6.45) is 4.39. The third-order valence-corrected chi connectivity index (χ3v) is 2.96. The van der Waals surface area contributed by atoms with E-state index in [0.29, 0.717) is 6.42 Å². The van der Waals surface area contributed by atoms with Crippen molar-refractivity contribution in [3.63, 3.8) is 0 Å². The first kappa shape index (κ1) is 14.9. The van der Waals surface area contributed by atoms with Gasteiger partial charge in [-0.2, -0.15) is 10.2 Å². The van der Waals surface area contributed by atoms with E-state index in [2.05, 4.69) is 21.1 Å². The van der Waals surface area contributed by atoms with Crippen LogP contribution in [0.2, 0.25) is 0 Å². The molecule has 0 spiro atoms. The van der Waals surface area contributed by atoms with Crippen molar-refractivity contribution >= 4 is 23.5 Å². The van der Waals surface area contributed by atoms with Gasteiger partial charge in [0.1, 0.15) is 0 Å². The molecule has 8 nitrogen and oxygen atoms in total. The van der Waals surface area contributed by atoms with Crippen molar-refractivity contribution in [3.05, 3.63) is 0 Å². The Balaban J connectivity index is 2.84. The molecule has 4 amide bonds. The first-order chi connectivity index (χ1) is 9.04. The van der Waals surface area contributed by atoms with E-state index in [0.717, 1.165) is 37.1 Å². The topological polar surface area (TPSA) is 135 Å². The maximum Gasteiger partial charge on any atom is 0.332 e. The van der Waals surface area contributed by atoms with Gasteiger partial charge >= 0.3 is 12.1 Å². The van der Waals surface area contributed by atoms with Crippen molar-refractivity contribution in [1.82, 2.24) is 10.9 Å². The van der Waals surface area contributed by atoms with Crippen molar-refractivity contribution in [1.29, 1.82) is 0 Å². The van der Waals surface area contributed by atoms with Crippen LogP contribution in [0.3, 0.4) is 0 Å². The largest absolute Gasteiger partial charge is 0.350 e. The lowest BCUT2D eigenvalue weighted by molar-refractivity contribution is 0.248. The molecule has 0 heterocycles. The molecule has 0 bridgehead atoms. The van der Waals surface area contributed by atoms with Crippen LogP contribution in [0.4, 0.5) is 9.59 Å². The van der Waals surface area contributed by atoms with Gasteiger partial charge in [-0.15, -0.1) is 0 Å². The Labute approximate surface area is 111 Å². The molecule has 106 valence electrons. The third kappa shape index (κ3) is 4.94. The standard InChI is InChI=1S/C11H20N6O2/c1-2-8(14-16-10(12)18)7-5-3-4-6-9(7)15-17-11(13)19/h7H,2-6H2,1H3,(H3,12,16,18)(H3,13,17,19)/b14-8+,15-9+. The maximum atomic E-state index is 10.7. The molecule has 6 N–H and O–H groups in total. The maximum absolute atomic E-state index is 10.7. The van der Waals surface area contributed by atoms with Crippen LogP contribution >= 0.6 is 0 Å². The molecular weight excluding hydrogens is 248 g/mol. The second-order valence-electron chi connectivity index (χ2n) is 4.31. The Morgan fingerprint density at radius 1 is 1.26 bits per heavy atom. The molecule has 0 aromatic rings. The monoisotopic (exact) mass is 268 g/mol. The average molecular weight is 268 g/mol. The number of amides is 4. The van der Waals surface area contributed by atoms with Gasteiger partial charge in [-0.25, -0.2) is 20.4 Å². The summed E-state index contributed by atoms with van der Waals surface area (Å²) in [7, 11) is 0. The van der Waals surface area contributed by atoms with Gasteiger partial charge in [0.2, 0.25) is 0 Å². The zero-order valence-corrected chi connectivity index (χ0v) is 11.0. The van der Waals surface area contributed by atoms with Crippen LogP contribution < -0.4 is 22.3 Å². The highest BCUT2D eigenvalue weighted by atomic mass is 16.2. The molecule has 0 saturated heterocycles. The Morgan fingerprint density at radius 3 is 2.53 bits per heavy atom. The minimum Gasteiger partial charge on any atom is -0.350 e. The lowest BCUT2D eigenvalue weighted by atomic mass is 9.83. The smallest absolute Gasteiger partial charge is 0.332 e. The average Bonchev–Trinajstić information content (AvgIpc) is 2.37. The molecule has 1 aliphatic carbocycles. The third-order valence-electron chi connectivity index (χ3n) is 2.96. The van der Waals surface area contributed by atoms with Crippen molar-refractivity contribution in [2.45, 2.75) is 39.0 Å². The summed E-state index contributed by atoms with van der Waals surface area (Å²) >= 11 is 0. The molecule has 1 rings (SSSR count). The zero-order chi connectivity index (χ0) is 14.3. The van der Waals surface area contributed by atoms with Crippen LogP contribution in [0.15, 0.2) is 10.2 Å². The fraction of sp³-hybridized carbons (Fsp3) is 0.636. The van der Waals surface area contributed by atoms with Crippen LogP contribution in [-0.4, -0.2) is 23.5 Å². The molecule has 1 atom stereocenters. The highest BCUT2D eigenvalue weighted by Gasteiger charge is 2.25. The summed E-state index contributed by atoms with van der Waals surface area (Å²) in [6.45, 7) is 1.94. The van der Waals surface area contributed by atoms with Gasteiger partial charge in [-0.1, -0.05) is 13.3 Å². The predicted octanol–water partition coefficient (Wildman–Crippen LogP) is 0.635. The number of hydrogen-bond donors (Lipinski definition) is 4. The van der Waals surface area contributed by atoms with Gasteiger partial charge in [-0.3, -0.25) is 0 Å². The molecule has 19 heavy (non-hydrogen) atoms. The van der Waals surface area contributed by atoms with E-state index >= 15 is 0 Å². The van der Waals surface area contributed by atoms with Gasteiger partial charge in [0.25, 0.3) is 0 Å². The van der Waals surface area contributed by atoms with Crippen molar-refractivity contribution in [2.24, 2.45) is 27.6 Å². The van der Waals surface area contributed by atoms with Crippen LogP contribution in [0.25, 0.3) is 0 Å². The highest BCUT2D eigenvalue weighted by Crippen LogP contribution is 2.24. The zero-order valence-electron chi connectivity index (χ0n) is 11.0. The van der Waals surface area contributed by atoms with Gasteiger partial charge in [0, 0.05) is 17.3 Å². The fourth-order valence-corrected chi connectivity index (χ4v) is 2.15. The summed E-state index contributed by atoms with van der Waals surface area (Å²) in [5, 5.41) is 8.04. The fourth-order valence-electron chi connectivity index (χ4n) is 2.15. The number of nitrogens with two attached hydrogens (primary N) is 2. The van der Waals surface area contributed by atoms with Gasteiger partial charge in [-0.05, 0) is 25.7 Å². The summed E-state index contributed by atoms with van der Waals surface area (Å²) in [6, 6.07) is -1.39. The van der Waals surface area contributed by atoms with Gasteiger partial charge in [0.15, 0.2) is 0 Å². The van der Waals surface area contributed by atoms with Gasteiger partial charge < -0.3 is 11.5 Å². The van der Waals surface area contributed by atoms with E-state index in [1.807, 2.05) is 6.92 Å². The number of rotatable bonds is 4. The minimum absolute atomic E-state index is 0.0115. The number of carbonyl (C=O) groups is 2. The number of nitrogens with zero attached hydrogens (tertiary/aromatic N) is 2. The Kier molecular flexibility index (Phi) is 5.77. The van der Waals surface area contributed by atoms with Crippen molar-refractivity contribution in [3.8, 4) is 0 Å². The molecule has 1 saturated carbocycles. The summed E-state index contributed by atoms with van der Waals surface area (Å²) < 4.78 is 0. The van der Waals surface area contributed by atoms with Crippen molar-refractivity contribution in [2.75, 3.05) is 0 Å². The molecule has 1 aliphatic rings. The second-order valence-corrected chi connectivity index (χ2v) is 4.31. The minimum atomic E-state index is -0.699. The molecule has 8 heteroatoms. The quantitative estimate of drug-likeness (QED) is 0.439. The summed E-state index contributed by atoms with van der Waals surface area (Å²) in [5.74, 6) is 0.0115. The number of carbonyl (C=O) groups excluding carboxylic acids is 2. The second kappa shape index (κ2) is 7.34. The van der Waals surface area contributed by atoms with E-state index in [-0.39, 0.29) is 5.92 Å². The van der Waals surface area contributed by atoms with Crippen LogP contribution in [-0.2, 0) is 0 Å². The van der Waals surface area contributed by atoms with E-state index < -0.39 is 12.1 Å². The van der Waals surface area contributed by atoms with Gasteiger partial charge in [0.05, 0.1) is 0 Å². The van der Waals surface area contributed by atoms with Crippen LogP contribution in [0.5, 0.6) is 0 Å². The van der Waals surface area contributed by atoms with E-state index in [1.54, 1.807) is 0 Å². The molecule has 1 unspecified atom stereocenters. The number of hydrogen-bond acceptors (Lipinski definition) is 4. The van der Waals surface area contributed by atoms with Crippen LogP contribution in [0.1, 0.15) is 39.0 Å². The first-order valence-electron chi connectivity index (χ1n) is 6.28. The number of primary amides is 2. The SMILES string of the molecule is CC/C(=N\NC(N)=O)C1CCCC/C1=N\NC(N)=O. The van der Waals surface area contributed by atoms with E-state index in [9.17, 15) is 9.59 Å². The Hall–Kier alpha value is -2.12. The van der Waals surface area contributed by atoms with Crippen LogP contribution in [0, 0.1) is 5.92 Å². The number of hydrazone groups is 2. The highest BCUT2D eigenvalue weighted by molar-refractivity contribution is 6.08. The molecule has 0 aromatic heterocycles. The molecule has 0 radical (unpaired) electrons.